The van der Waals surface area contributed by atoms with Gasteiger partial charge in [-0.15, -0.1) is 11.8 Å². The second kappa shape index (κ2) is 6.08. The zero-order valence-electron chi connectivity index (χ0n) is 10.7. The Morgan fingerprint density at radius 3 is 2.53 bits per heavy atom. The summed E-state index contributed by atoms with van der Waals surface area (Å²) in [6.45, 7) is 2.22. The molecule has 0 saturated carbocycles. The summed E-state index contributed by atoms with van der Waals surface area (Å²) < 4.78 is 0. The number of hydrogen-bond acceptors (Lipinski definition) is 3. The maximum atomic E-state index is 11.2. The van der Waals surface area contributed by atoms with E-state index in [0.29, 0.717) is 10.8 Å². The number of hydrogen-bond donors (Lipinski definition) is 2. The number of rotatable bonds is 5. The smallest absolute Gasteiger partial charge is 0.336 e. The Labute approximate surface area is 116 Å². The Hall–Kier alpha value is -1.52. The first-order valence-electron chi connectivity index (χ1n) is 6.16. The molecule has 2 N–H and O–H groups in total. The van der Waals surface area contributed by atoms with Crippen LogP contribution in [0.25, 0.3) is 10.8 Å². The Balaban J connectivity index is 2.46. The van der Waals surface area contributed by atoms with E-state index in [-0.39, 0.29) is 6.61 Å². The Morgan fingerprint density at radius 2 is 1.89 bits per heavy atom. The quantitative estimate of drug-likeness (QED) is 0.822. The molecule has 0 heterocycles. The van der Waals surface area contributed by atoms with Crippen molar-refractivity contribution in [3.8, 4) is 0 Å². The molecule has 3 nitrogen and oxygen atoms in total. The van der Waals surface area contributed by atoms with Crippen LogP contribution < -0.4 is 0 Å². The number of aliphatic hydroxyl groups is 1. The van der Waals surface area contributed by atoms with Gasteiger partial charge in [0.1, 0.15) is 0 Å². The zero-order chi connectivity index (χ0) is 13.8. The number of carboxylic acid groups (broad SMARTS) is 1. The number of benzene rings is 2. The molecule has 0 aliphatic rings. The van der Waals surface area contributed by atoms with Crippen molar-refractivity contribution in [1.82, 2.24) is 0 Å². The fraction of sp³-hybridized carbons (Fsp3) is 0.267. The van der Waals surface area contributed by atoms with Gasteiger partial charge in [-0.1, -0.05) is 31.2 Å². The van der Waals surface area contributed by atoms with Crippen LogP contribution in [0.4, 0.5) is 0 Å². The first kappa shape index (κ1) is 13.9. The molecule has 0 bridgehead atoms. The van der Waals surface area contributed by atoms with Gasteiger partial charge in [-0.25, -0.2) is 4.79 Å². The van der Waals surface area contributed by atoms with Crippen molar-refractivity contribution in [3.05, 3.63) is 42.0 Å². The molecule has 1 atom stereocenters. The van der Waals surface area contributed by atoms with E-state index < -0.39 is 5.97 Å². The highest BCUT2D eigenvalue weighted by Gasteiger charge is 2.12. The lowest BCUT2D eigenvalue weighted by atomic mass is 10.0. The average molecular weight is 276 g/mol. The van der Waals surface area contributed by atoms with Gasteiger partial charge in [0.2, 0.25) is 0 Å². The molecular formula is C15H16O3S. The molecule has 0 aliphatic carbocycles. The summed E-state index contributed by atoms with van der Waals surface area (Å²) in [5.41, 5.74) is 0.328. The van der Waals surface area contributed by atoms with Crippen LogP contribution in [0.1, 0.15) is 23.7 Å². The molecule has 2 aromatic rings. The highest BCUT2D eigenvalue weighted by atomic mass is 32.2. The molecule has 0 saturated heterocycles. The molecular weight excluding hydrogens is 260 g/mol. The normalized spacial score (nSPS) is 12.5. The van der Waals surface area contributed by atoms with Crippen molar-refractivity contribution in [2.75, 3.05) is 6.61 Å². The van der Waals surface area contributed by atoms with Crippen LogP contribution in [0.5, 0.6) is 0 Å². The molecule has 0 amide bonds. The van der Waals surface area contributed by atoms with Gasteiger partial charge in [-0.2, -0.15) is 0 Å². The van der Waals surface area contributed by atoms with Gasteiger partial charge < -0.3 is 10.2 Å². The SMILES string of the molecule is CC(CCO)Sc1ccc(C(=O)O)c2ccccc12. The maximum absolute atomic E-state index is 11.2. The summed E-state index contributed by atoms with van der Waals surface area (Å²) in [6.07, 6.45) is 0.722. The van der Waals surface area contributed by atoms with E-state index in [0.717, 1.165) is 22.1 Å². The van der Waals surface area contributed by atoms with Crippen molar-refractivity contribution in [1.29, 1.82) is 0 Å². The molecule has 2 aromatic carbocycles. The monoisotopic (exact) mass is 276 g/mol. The highest BCUT2D eigenvalue weighted by molar-refractivity contribution is 8.00. The molecule has 0 fully saturated rings. The number of fused-ring (bicyclic) bond motifs is 1. The fourth-order valence-electron chi connectivity index (χ4n) is 2.02. The van der Waals surface area contributed by atoms with Crippen LogP contribution in [0.3, 0.4) is 0 Å². The third-order valence-corrected chi connectivity index (χ3v) is 4.23. The lowest BCUT2D eigenvalue weighted by molar-refractivity contribution is 0.0699. The summed E-state index contributed by atoms with van der Waals surface area (Å²) in [7, 11) is 0. The Morgan fingerprint density at radius 1 is 1.21 bits per heavy atom. The lowest BCUT2D eigenvalue weighted by Crippen LogP contribution is -2.01. The molecule has 0 radical (unpaired) electrons. The topological polar surface area (TPSA) is 57.5 Å². The van der Waals surface area contributed by atoms with Gasteiger partial charge in [0, 0.05) is 16.8 Å². The maximum Gasteiger partial charge on any atom is 0.336 e. The van der Waals surface area contributed by atoms with E-state index in [1.165, 1.54) is 0 Å². The third-order valence-electron chi connectivity index (χ3n) is 2.98. The zero-order valence-corrected chi connectivity index (χ0v) is 11.5. The Bertz CT molecular complexity index is 595. The predicted molar refractivity (Wildman–Crippen MR) is 77.9 cm³/mol. The van der Waals surface area contributed by atoms with Gasteiger partial charge in [0.05, 0.1) is 5.56 Å². The van der Waals surface area contributed by atoms with Gasteiger partial charge in [0.25, 0.3) is 0 Å². The van der Waals surface area contributed by atoms with Crippen molar-refractivity contribution < 1.29 is 15.0 Å². The van der Waals surface area contributed by atoms with E-state index in [4.69, 9.17) is 5.11 Å². The van der Waals surface area contributed by atoms with Gasteiger partial charge in [-0.05, 0) is 29.3 Å². The number of aromatic carboxylic acids is 1. The molecule has 0 aromatic heterocycles. The standard InChI is InChI=1S/C15H16O3S/c1-10(8-9-16)19-14-7-6-13(15(17)18)11-4-2-3-5-12(11)14/h2-7,10,16H,8-9H2,1H3,(H,17,18). The van der Waals surface area contributed by atoms with Gasteiger partial charge >= 0.3 is 5.97 Å². The lowest BCUT2D eigenvalue weighted by Gasteiger charge is -2.13. The molecule has 1 unspecified atom stereocenters. The molecule has 100 valence electrons. The highest BCUT2D eigenvalue weighted by Crippen LogP contribution is 2.33. The summed E-state index contributed by atoms with van der Waals surface area (Å²) in [5.74, 6) is -0.906. The summed E-state index contributed by atoms with van der Waals surface area (Å²) >= 11 is 1.67. The average Bonchev–Trinajstić information content (AvgIpc) is 2.39. The number of aliphatic hydroxyl groups excluding tert-OH is 1. The first-order chi connectivity index (χ1) is 9.13. The van der Waals surface area contributed by atoms with Crippen LogP contribution in [0, 0.1) is 0 Å². The largest absolute Gasteiger partial charge is 0.478 e. The minimum atomic E-state index is -0.906. The summed E-state index contributed by atoms with van der Waals surface area (Å²) in [6, 6.07) is 11.0. The van der Waals surface area contributed by atoms with Crippen molar-refractivity contribution in [2.45, 2.75) is 23.5 Å². The van der Waals surface area contributed by atoms with Gasteiger partial charge in [0.15, 0.2) is 0 Å². The second-order valence-electron chi connectivity index (χ2n) is 4.40. The van der Waals surface area contributed by atoms with Crippen molar-refractivity contribution >= 4 is 28.5 Å². The van der Waals surface area contributed by atoms with Crippen LogP contribution in [-0.2, 0) is 0 Å². The van der Waals surface area contributed by atoms with Crippen LogP contribution in [-0.4, -0.2) is 28.0 Å². The van der Waals surface area contributed by atoms with E-state index >= 15 is 0 Å². The second-order valence-corrected chi connectivity index (χ2v) is 5.88. The minimum Gasteiger partial charge on any atom is -0.478 e. The van der Waals surface area contributed by atoms with E-state index in [1.807, 2.05) is 30.3 Å². The molecule has 0 spiro atoms. The summed E-state index contributed by atoms with van der Waals surface area (Å²) in [4.78, 5) is 12.3. The predicted octanol–water partition coefficient (Wildman–Crippen LogP) is 3.40. The molecule has 19 heavy (non-hydrogen) atoms. The number of carbonyl (C=O) groups is 1. The molecule has 0 aliphatic heterocycles. The van der Waals surface area contributed by atoms with Crippen LogP contribution in [0.15, 0.2) is 41.3 Å². The van der Waals surface area contributed by atoms with E-state index in [1.54, 1.807) is 17.8 Å². The fourth-order valence-corrected chi connectivity index (χ4v) is 3.13. The van der Waals surface area contributed by atoms with Crippen LogP contribution in [0.2, 0.25) is 0 Å². The first-order valence-corrected chi connectivity index (χ1v) is 7.04. The molecule has 4 heteroatoms. The van der Waals surface area contributed by atoms with Crippen molar-refractivity contribution in [3.63, 3.8) is 0 Å². The number of thioether (sulfide) groups is 1. The van der Waals surface area contributed by atoms with E-state index in [2.05, 4.69) is 6.92 Å². The minimum absolute atomic E-state index is 0.166. The van der Waals surface area contributed by atoms with Crippen molar-refractivity contribution in [2.24, 2.45) is 0 Å². The summed E-state index contributed by atoms with van der Waals surface area (Å²) in [5, 5.41) is 20.2. The molecule has 2 rings (SSSR count). The van der Waals surface area contributed by atoms with Gasteiger partial charge in [-0.3, -0.25) is 0 Å². The van der Waals surface area contributed by atoms with Crippen LogP contribution >= 0.6 is 11.8 Å². The third kappa shape index (κ3) is 3.08. The Kier molecular flexibility index (Phi) is 4.45. The number of carboxylic acids is 1. The van der Waals surface area contributed by atoms with E-state index in [9.17, 15) is 9.90 Å².